The summed E-state index contributed by atoms with van der Waals surface area (Å²) in [5, 5.41) is 3.68. The lowest BCUT2D eigenvalue weighted by Gasteiger charge is -2.50. The monoisotopic (exact) mass is 244 g/mol. The molecule has 0 saturated heterocycles. The van der Waals surface area contributed by atoms with Gasteiger partial charge in [-0.15, -0.1) is 0 Å². The molecule has 0 aliphatic heterocycles. The maximum Gasteiger partial charge on any atom is 0.0463 e. The quantitative estimate of drug-likeness (QED) is 0.838. The molecule has 3 rings (SSSR count). The molecule has 0 radical (unpaired) electrons. The van der Waals surface area contributed by atoms with E-state index >= 15 is 0 Å². The number of rotatable bonds is 2. The first-order chi connectivity index (χ1) is 8.80. The minimum Gasteiger partial charge on any atom is -0.330 e. The topological polar surface area (TPSA) is 38.0 Å². The molecule has 3 atom stereocenters. The second-order valence-corrected chi connectivity index (χ2v) is 5.99. The highest BCUT2D eigenvalue weighted by Gasteiger charge is 2.46. The van der Waals surface area contributed by atoms with Crippen molar-refractivity contribution >= 4 is 0 Å². The van der Waals surface area contributed by atoms with Crippen LogP contribution >= 0.6 is 0 Å². The molecule has 2 aliphatic rings. The number of fused-ring (bicyclic) bond motifs is 3. The van der Waals surface area contributed by atoms with E-state index in [-0.39, 0.29) is 5.54 Å². The summed E-state index contributed by atoms with van der Waals surface area (Å²) < 4.78 is 0. The summed E-state index contributed by atoms with van der Waals surface area (Å²) in [6.45, 7) is 0.859. The van der Waals surface area contributed by atoms with Gasteiger partial charge in [0, 0.05) is 5.54 Å². The van der Waals surface area contributed by atoms with E-state index in [0.29, 0.717) is 0 Å². The van der Waals surface area contributed by atoms with E-state index in [1.165, 1.54) is 32.1 Å². The summed E-state index contributed by atoms with van der Waals surface area (Å²) in [6, 6.07) is 9.00. The van der Waals surface area contributed by atoms with Crippen LogP contribution < -0.4 is 11.1 Å². The van der Waals surface area contributed by atoms with E-state index in [9.17, 15) is 0 Å². The second-order valence-electron chi connectivity index (χ2n) is 5.99. The molecule has 3 N–H and O–H groups in total. The first-order valence-corrected chi connectivity index (χ1v) is 7.27. The van der Waals surface area contributed by atoms with Crippen LogP contribution in [0.25, 0.3) is 0 Å². The van der Waals surface area contributed by atoms with Crippen LogP contribution in [0.5, 0.6) is 0 Å². The minimum absolute atomic E-state index is 0.223. The minimum atomic E-state index is 0.223. The smallest absolute Gasteiger partial charge is 0.0463 e. The summed E-state index contributed by atoms with van der Waals surface area (Å²) in [5.41, 5.74) is 9.21. The molecule has 2 heteroatoms. The van der Waals surface area contributed by atoms with Gasteiger partial charge in [0.1, 0.15) is 0 Å². The lowest BCUT2D eigenvalue weighted by molar-refractivity contribution is 0.0959. The fourth-order valence-corrected chi connectivity index (χ4v) is 4.26. The van der Waals surface area contributed by atoms with E-state index < -0.39 is 0 Å². The van der Waals surface area contributed by atoms with Gasteiger partial charge in [0.2, 0.25) is 0 Å². The Morgan fingerprint density at radius 2 is 2.17 bits per heavy atom. The standard InChI is InChI=1S/C16H24N2/c1-18-16-9-8-12(11-17)10-14(16)7-6-13-4-2-3-5-15(13)16/h2-5,12,14,18H,6-11,17H2,1H3/t12?,14-,16-/m0/s1. The Labute approximate surface area is 110 Å². The fraction of sp³-hybridized carbons (Fsp3) is 0.625. The summed E-state index contributed by atoms with van der Waals surface area (Å²) in [5.74, 6) is 1.50. The first kappa shape index (κ1) is 12.2. The van der Waals surface area contributed by atoms with Crippen molar-refractivity contribution in [1.29, 1.82) is 0 Å². The number of hydrogen-bond acceptors (Lipinski definition) is 2. The lowest BCUT2D eigenvalue weighted by atomic mass is 9.60. The summed E-state index contributed by atoms with van der Waals surface area (Å²) >= 11 is 0. The lowest BCUT2D eigenvalue weighted by Crippen LogP contribution is -2.53. The maximum absolute atomic E-state index is 5.88. The van der Waals surface area contributed by atoms with Crippen molar-refractivity contribution in [3.05, 3.63) is 35.4 Å². The highest BCUT2D eigenvalue weighted by atomic mass is 15.0. The third kappa shape index (κ3) is 1.70. The Balaban J connectivity index is 2.00. The van der Waals surface area contributed by atoms with E-state index in [1.54, 1.807) is 11.1 Å². The zero-order valence-corrected chi connectivity index (χ0v) is 11.3. The van der Waals surface area contributed by atoms with Gasteiger partial charge < -0.3 is 11.1 Å². The van der Waals surface area contributed by atoms with E-state index in [1.807, 2.05) is 0 Å². The van der Waals surface area contributed by atoms with Crippen LogP contribution in [-0.4, -0.2) is 13.6 Å². The number of nitrogens with one attached hydrogen (secondary N) is 1. The molecule has 0 spiro atoms. The normalized spacial score (nSPS) is 34.8. The molecular weight excluding hydrogens is 220 g/mol. The third-order valence-electron chi connectivity index (χ3n) is 5.30. The number of hydrogen-bond donors (Lipinski definition) is 2. The molecule has 1 aromatic carbocycles. The molecular formula is C16H24N2. The highest BCUT2D eigenvalue weighted by Crippen LogP contribution is 2.49. The predicted octanol–water partition coefficient (Wildman–Crippen LogP) is 2.42. The van der Waals surface area contributed by atoms with Crippen LogP contribution in [-0.2, 0) is 12.0 Å². The second kappa shape index (κ2) is 4.67. The Hall–Kier alpha value is -0.860. The van der Waals surface area contributed by atoms with Gasteiger partial charge in [-0.05, 0) is 68.7 Å². The van der Waals surface area contributed by atoms with Gasteiger partial charge in [0.15, 0.2) is 0 Å². The van der Waals surface area contributed by atoms with E-state index in [2.05, 4.69) is 36.6 Å². The van der Waals surface area contributed by atoms with Crippen LogP contribution in [0.2, 0.25) is 0 Å². The fourth-order valence-electron chi connectivity index (χ4n) is 4.26. The van der Waals surface area contributed by atoms with Crippen molar-refractivity contribution in [1.82, 2.24) is 5.32 Å². The Kier molecular flexibility index (Phi) is 3.16. The average molecular weight is 244 g/mol. The molecule has 2 nitrogen and oxygen atoms in total. The molecule has 1 aromatic rings. The molecule has 0 amide bonds. The van der Waals surface area contributed by atoms with Gasteiger partial charge in [0.05, 0.1) is 0 Å². The largest absolute Gasteiger partial charge is 0.330 e. The number of benzene rings is 1. The van der Waals surface area contributed by atoms with Gasteiger partial charge in [0.25, 0.3) is 0 Å². The zero-order valence-electron chi connectivity index (χ0n) is 11.3. The van der Waals surface area contributed by atoms with Crippen LogP contribution in [0.3, 0.4) is 0 Å². The molecule has 0 aromatic heterocycles. The number of aryl methyl sites for hydroxylation is 1. The van der Waals surface area contributed by atoms with Crippen molar-refractivity contribution in [2.45, 2.75) is 37.6 Å². The predicted molar refractivity (Wildman–Crippen MR) is 75.4 cm³/mol. The van der Waals surface area contributed by atoms with Crippen LogP contribution in [0, 0.1) is 11.8 Å². The van der Waals surface area contributed by atoms with Gasteiger partial charge >= 0.3 is 0 Å². The maximum atomic E-state index is 5.88. The molecule has 0 bridgehead atoms. The van der Waals surface area contributed by atoms with Gasteiger partial charge in [-0.25, -0.2) is 0 Å². The summed E-state index contributed by atoms with van der Waals surface area (Å²) in [6.07, 6.45) is 6.36. The van der Waals surface area contributed by atoms with Crippen molar-refractivity contribution in [2.75, 3.05) is 13.6 Å². The zero-order chi connectivity index (χ0) is 12.6. The molecule has 1 unspecified atom stereocenters. The Morgan fingerprint density at radius 3 is 2.94 bits per heavy atom. The van der Waals surface area contributed by atoms with Crippen LogP contribution in [0.4, 0.5) is 0 Å². The molecule has 1 fully saturated rings. The Bertz CT molecular complexity index is 429. The number of nitrogens with two attached hydrogens (primary N) is 1. The summed E-state index contributed by atoms with van der Waals surface area (Å²) in [7, 11) is 2.14. The van der Waals surface area contributed by atoms with Gasteiger partial charge in [-0.3, -0.25) is 0 Å². The van der Waals surface area contributed by atoms with Crippen molar-refractivity contribution in [2.24, 2.45) is 17.6 Å². The van der Waals surface area contributed by atoms with Gasteiger partial charge in [-0.1, -0.05) is 24.3 Å². The molecule has 98 valence electrons. The van der Waals surface area contributed by atoms with Crippen LogP contribution in [0.15, 0.2) is 24.3 Å². The average Bonchev–Trinajstić information content (AvgIpc) is 2.46. The molecule has 18 heavy (non-hydrogen) atoms. The molecule has 0 heterocycles. The molecule has 2 aliphatic carbocycles. The SMILES string of the molecule is CN[C@@]12CCC(CN)C[C@@H]1CCc1ccccc12. The van der Waals surface area contributed by atoms with E-state index in [0.717, 1.165) is 18.4 Å². The van der Waals surface area contributed by atoms with Crippen molar-refractivity contribution < 1.29 is 0 Å². The highest BCUT2D eigenvalue weighted by molar-refractivity contribution is 5.37. The van der Waals surface area contributed by atoms with Gasteiger partial charge in [-0.2, -0.15) is 0 Å². The third-order valence-corrected chi connectivity index (χ3v) is 5.30. The Morgan fingerprint density at radius 1 is 1.33 bits per heavy atom. The first-order valence-electron chi connectivity index (χ1n) is 7.27. The van der Waals surface area contributed by atoms with E-state index in [4.69, 9.17) is 5.73 Å². The van der Waals surface area contributed by atoms with Crippen molar-refractivity contribution in [3.63, 3.8) is 0 Å². The van der Waals surface area contributed by atoms with Crippen molar-refractivity contribution in [3.8, 4) is 0 Å². The summed E-state index contributed by atoms with van der Waals surface area (Å²) in [4.78, 5) is 0. The van der Waals surface area contributed by atoms with Crippen LogP contribution in [0.1, 0.15) is 36.8 Å². The molecule has 1 saturated carbocycles.